The molecule has 0 unspecified atom stereocenters. The summed E-state index contributed by atoms with van der Waals surface area (Å²) in [5.74, 6) is -0.679. The fourth-order valence-electron chi connectivity index (χ4n) is 0.863. The van der Waals surface area contributed by atoms with Gasteiger partial charge in [-0.15, -0.1) is 0 Å². The average molecular weight is 228 g/mol. The fraction of sp³-hybridized carbons (Fsp3) is 0.250. The van der Waals surface area contributed by atoms with Crippen molar-refractivity contribution in [3.05, 3.63) is 18.3 Å². The van der Waals surface area contributed by atoms with Crippen LogP contribution in [0.1, 0.15) is 6.92 Å². The molecule has 6 nitrogen and oxygen atoms in total. The van der Waals surface area contributed by atoms with Crippen molar-refractivity contribution in [1.82, 2.24) is 4.98 Å². The van der Waals surface area contributed by atoms with Crippen LogP contribution in [0.4, 0.5) is 5.82 Å². The van der Waals surface area contributed by atoms with Crippen molar-refractivity contribution < 1.29 is 19.0 Å². The molecule has 0 saturated carbocycles. The number of carboxylic acid groups (broad SMARTS) is 1. The highest BCUT2D eigenvalue weighted by atomic mass is 31.1. The average Bonchev–Trinajstić information content (AvgIpc) is 2.18. The van der Waals surface area contributed by atoms with Gasteiger partial charge in [0.15, 0.2) is 0 Å². The Morgan fingerprint density at radius 2 is 2.20 bits per heavy atom. The SMILES string of the molecule is C[C@H](Nc1ccc(P(=O)=O)cn1)C(=O)O. The third-order valence-corrected chi connectivity index (χ3v) is 2.38. The van der Waals surface area contributed by atoms with E-state index in [1.54, 1.807) is 0 Å². The second-order valence-corrected chi connectivity index (χ2v) is 3.89. The van der Waals surface area contributed by atoms with Crippen LogP contribution in [0.5, 0.6) is 0 Å². The van der Waals surface area contributed by atoms with Crippen molar-refractivity contribution in [2.45, 2.75) is 13.0 Å². The molecule has 1 aromatic heterocycles. The molecule has 0 aliphatic rings. The zero-order chi connectivity index (χ0) is 11.4. The lowest BCUT2D eigenvalue weighted by atomic mass is 10.3. The van der Waals surface area contributed by atoms with Crippen molar-refractivity contribution in [3.8, 4) is 0 Å². The quantitative estimate of drug-likeness (QED) is 0.738. The maximum absolute atomic E-state index is 10.5. The fourth-order valence-corrected chi connectivity index (χ4v) is 1.21. The van der Waals surface area contributed by atoms with Gasteiger partial charge in [0.05, 0.1) is 5.30 Å². The van der Waals surface area contributed by atoms with Gasteiger partial charge < -0.3 is 10.4 Å². The predicted octanol–water partition coefficient (Wildman–Crippen LogP) is 0.765. The van der Waals surface area contributed by atoms with Gasteiger partial charge in [0.25, 0.3) is 0 Å². The summed E-state index contributed by atoms with van der Waals surface area (Å²) in [5.41, 5.74) is 0. The van der Waals surface area contributed by atoms with Gasteiger partial charge in [-0.25, -0.2) is 14.1 Å². The molecule has 0 fully saturated rings. The van der Waals surface area contributed by atoms with Crippen LogP contribution in [0.2, 0.25) is 0 Å². The normalized spacial score (nSPS) is 11.8. The van der Waals surface area contributed by atoms with Crippen LogP contribution < -0.4 is 10.6 Å². The minimum absolute atomic E-state index is 0.0959. The predicted molar refractivity (Wildman–Crippen MR) is 52.9 cm³/mol. The molecule has 0 bridgehead atoms. The Morgan fingerprint density at radius 3 is 2.60 bits per heavy atom. The number of aromatic nitrogens is 1. The van der Waals surface area contributed by atoms with Crippen LogP contribution in [-0.4, -0.2) is 22.1 Å². The third-order valence-electron chi connectivity index (χ3n) is 1.69. The van der Waals surface area contributed by atoms with Crippen LogP contribution in [0, 0.1) is 0 Å². The standard InChI is InChI=1S/C8H9N2O4P/c1-5(8(11)12)10-7-3-2-6(4-9-7)15(13)14/h2-5H,1H3,(H,9,10)(H,11,12)/t5-/m0/s1. The summed E-state index contributed by atoms with van der Waals surface area (Å²) < 4.78 is 21.1. The van der Waals surface area contributed by atoms with Crippen LogP contribution in [-0.2, 0) is 13.9 Å². The molecule has 1 aromatic rings. The highest BCUT2D eigenvalue weighted by Crippen LogP contribution is 2.07. The molecule has 80 valence electrons. The molecule has 0 aliphatic heterocycles. The van der Waals surface area contributed by atoms with Gasteiger partial charge in [-0.3, -0.25) is 4.79 Å². The first-order valence-electron chi connectivity index (χ1n) is 4.10. The molecule has 0 aliphatic carbocycles. The molecule has 0 aromatic carbocycles. The van der Waals surface area contributed by atoms with E-state index in [1.807, 2.05) is 0 Å². The van der Waals surface area contributed by atoms with Crippen molar-refractivity contribution in [1.29, 1.82) is 0 Å². The first kappa shape index (κ1) is 11.4. The summed E-state index contributed by atoms with van der Waals surface area (Å²) in [7, 11) is -2.65. The number of hydrogen-bond donors (Lipinski definition) is 2. The van der Waals surface area contributed by atoms with Crippen LogP contribution in [0.15, 0.2) is 18.3 Å². The topological polar surface area (TPSA) is 96.4 Å². The second kappa shape index (κ2) is 4.70. The monoisotopic (exact) mass is 228 g/mol. The van der Waals surface area contributed by atoms with Gasteiger partial charge in [-0.05, 0) is 19.1 Å². The molecule has 1 atom stereocenters. The van der Waals surface area contributed by atoms with Gasteiger partial charge in [0, 0.05) is 6.20 Å². The molecule has 0 spiro atoms. The summed E-state index contributed by atoms with van der Waals surface area (Å²) in [6, 6.07) is 2.00. The van der Waals surface area contributed by atoms with E-state index >= 15 is 0 Å². The van der Waals surface area contributed by atoms with Gasteiger partial charge >= 0.3 is 13.6 Å². The number of nitrogens with zero attached hydrogens (tertiary/aromatic N) is 1. The molecule has 1 heterocycles. The third kappa shape index (κ3) is 3.18. The number of rotatable bonds is 4. The Bertz CT molecular complexity index is 419. The van der Waals surface area contributed by atoms with Crippen molar-refractivity contribution >= 4 is 24.8 Å². The Morgan fingerprint density at radius 1 is 1.53 bits per heavy atom. The van der Waals surface area contributed by atoms with E-state index in [1.165, 1.54) is 25.3 Å². The zero-order valence-electron chi connectivity index (χ0n) is 7.88. The highest BCUT2D eigenvalue weighted by Gasteiger charge is 2.10. The highest BCUT2D eigenvalue weighted by molar-refractivity contribution is 7.40. The molecular formula is C8H9N2O4P. The minimum Gasteiger partial charge on any atom is -0.480 e. The number of aliphatic carboxylic acids is 1. The van der Waals surface area contributed by atoms with Crippen molar-refractivity contribution in [2.75, 3.05) is 5.32 Å². The summed E-state index contributed by atoms with van der Waals surface area (Å²) in [6.45, 7) is 1.46. The van der Waals surface area contributed by atoms with E-state index in [0.29, 0.717) is 5.82 Å². The number of pyridine rings is 1. The van der Waals surface area contributed by atoms with Gasteiger partial charge in [-0.1, -0.05) is 0 Å². The summed E-state index contributed by atoms with van der Waals surface area (Å²) in [6.07, 6.45) is 1.17. The largest absolute Gasteiger partial charge is 0.480 e. The number of anilines is 1. The van der Waals surface area contributed by atoms with Gasteiger partial charge in [0.1, 0.15) is 11.9 Å². The minimum atomic E-state index is -2.65. The first-order valence-corrected chi connectivity index (χ1v) is 5.28. The molecule has 15 heavy (non-hydrogen) atoms. The van der Waals surface area contributed by atoms with Gasteiger partial charge in [0.2, 0.25) is 0 Å². The number of hydrogen-bond acceptors (Lipinski definition) is 5. The Balaban J connectivity index is 2.77. The lowest BCUT2D eigenvalue weighted by molar-refractivity contribution is -0.137. The maximum atomic E-state index is 10.5. The smallest absolute Gasteiger partial charge is 0.350 e. The molecule has 7 heteroatoms. The van der Waals surface area contributed by atoms with Gasteiger partial charge in [-0.2, -0.15) is 0 Å². The van der Waals surface area contributed by atoms with Crippen LogP contribution in [0.25, 0.3) is 0 Å². The van der Waals surface area contributed by atoms with E-state index in [9.17, 15) is 13.9 Å². The van der Waals surface area contributed by atoms with E-state index in [-0.39, 0.29) is 5.30 Å². The van der Waals surface area contributed by atoms with E-state index in [2.05, 4.69) is 10.3 Å². The molecular weight excluding hydrogens is 219 g/mol. The van der Waals surface area contributed by atoms with Crippen LogP contribution >= 0.6 is 7.68 Å². The summed E-state index contributed by atoms with van der Waals surface area (Å²) in [4.78, 5) is 14.3. The Hall–Kier alpha value is -1.68. The maximum Gasteiger partial charge on any atom is 0.350 e. The lowest BCUT2D eigenvalue weighted by Crippen LogP contribution is -2.25. The van der Waals surface area contributed by atoms with E-state index in [0.717, 1.165) is 0 Å². The zero-order valence-corrected chi connectivity index (χ0v) is 8.77. The number of carbonyl (C=O) groups is 1. The van der Waals surface area contributed by atoms with E-state index in [4.69, 9.17) is 5.11 Å². The second-order valence-electron chi connectivity index (χ2n) is 2.86. The molecule has 0 saturated heterocycles. The summed E-state index contributed by atoms with van der Waals surface area (Å²) >= 11 is 0. The molecule has 0 radical (unpaired) electrons. The summed E-state index contributed by atoms with van der Waals surface area (Å²) in [5, 5.41) is 11.3. The molecule has 0 amide bonds. The lowest BCUT2D eigenvalue weighted by Gasteiger charge is -2.08. The number of carboxylic acids is 1. The molecule has 2 N–H and O–H groups in total. The van der Waals surface area contributed by atoms with Crippen molar-refractivity contribution in [2.24, 2.45) is 0 Å². The van der Waals surface area contributed by atoms with Crippen LogP contribution in [0.3, 0.4) is 0 Å². The Kier molecular flexibility index (Phi) is 3.57. The first-order chi connectivity index (χ1) is 7.00. The van der Waals surface area contributed by atoms with Crippen molar-refractivity contribution in [3.63, 3.8) is 0 Å². The van der Waals surface area contributed by atoms with E-state index < -0.39 is 19.7 Å². The molecule has 1 rings (SSSR count). The Labute approximate surface area is 86.2 Å². The number of nitrogens with one attached hydrogen (secondary N) is 1.